The predicted molar refractivity (Wildman–Crippen MR) is 139 cm³/mol. The Balaban J connectivity index is 1.49. The Morgan fingerprint density at radius 3 is 2.92 bits per heavy atom. The number of rotatable bonds is 7. The number of nitrogens with zero attached hydrogens (tertiary/aromatic N) is 3. The fourth-order valence-electron chi connectivity index (χ4n) is 4.13. The topological polar surface area (TPSA) is 110 Å². The van der Waals surface area contributed by atoms with Crippen LogP contribution in [0, 0.1) is 5.82 Å². The van der Waals surface area contributed by atoms with Gasteiger partial charge in [-0.3, -0.25) is 9.78 Å². The molecule has 0 radical (unpaired) electrons. The minimum absolute atomic E-state index is 0.0568. The molecule has 188 valence electrons. The smallest absolute Gasteiger partial charge is 0.247 e. The van der Waals surface area contributed by atoms with Gasteiger partial charge in [0.05, 0.1) is 42.3 Å². The summed E-state index contributed by atoms with van der Waals surface area (Å²) in [6, 6.07) is 11.9. The summed E-state index contributed by atoms with van der Waals surface area (Å²) in [6.45, 7) is 5.65. The lowest BCUT2D eigenvalue weighted by atomic mass is 10.1. The van der Waals surface area contributed by atoms with E-state index in [1.807, 2.05) is 18.2 Å². The van der Waals surface area contributed by atoms with E-state index in [-0.39, 0.29) is 23.5 Å². The van der Waals surface area contributed by atoms with Crippen LogP contribution in [0.3, 0.4) is 0 Å². The first-order chi connectivity index (χ1) is 18.1. The number of hydrogen-bond acceptors (Lipinski definition) is 8. The highest BCUT2D eigenvalue weighted by molar-refractivity contribution is 6.00. The van der Waals surface area contributed by atoms with Gasteiger partial charge in [0.15, 0.2) is 0 Å². The maximum atomic E-state index is 15.1. The Bertz CT molecular complexity index is 1470. The number of carbonyl (C=O) groups excluding carboxylic acids is 1. The summed E-state index contributed by atoms with van der Waals surface area (Å²) in [7, 11) is 1.59. The maximum Gasteiger partial charge on any atom is 0.247 e. The lowest BCUT2D eigenvalue weighted by Crippen LogP contribution is -2.33. The molecule has 2 aromatic carbocycles. The second kappa shape index (κ2) is 10.7. The number of carbonyl (C=O) groups is 1. The molecule has 37 heavy (non-hydrogen) atoms. The normalized spacial score (nSPS) is 15.2. The number of anilines is 3. The van der Waals surface area contributed by atoms with E-state index in [9.17, 15) is 4.79 Å². The molecule has 10 heteroatoms. The van der Waals surface area contributed by atoms with Gasteiger partial charge in [-0.2, -0.15) is 0 Å². The molecular weight excluding hydrogens is 475 g/mol. The van der Waals surface area contributed by atoms with Gasteiger partial charge >= 0.3 is 0 Å². The summed E-state index contributed by atoms with van der Waals surface area (Å²) in [4.78, 5) is 25.0. The fourth-order valence-corrected chi connectivity index (χ4v) is 4.13. The van der Waals surface area contributed by atoms with Crippen molar-refractivity contribution < 1.29 is 18.7 Å². The van der Waals surface area contributed by atoms with E-state index < -0.39 is 5.82 Å². The van der Waals surface area contributed by atoms with Crippen LogP contribution in [0.4, 0.5) is 21.7 Å². The van der Waals surface area contributed by atoms with Gasteiger partial charge in [0.2, 0.25) is 11.9 Å². The zero-order chi connectivity index (χ0) is 25.8. The molecule has 9 nitrogen and oxygen atoms in total. The van der Waals surface area contributed by atoms with E-state index in [1.54, 1.807) is 31.5 Å². The minimum atomic E-state index is -0.500. The fraction of sp³-hybridized carbons (Fsp3) is 0.185. The van der Waals surface area contributed by atoms with E-state index in [0.29, 0.717) is 40.3 Å². The number of pyridine rings is 1. The summed E-state index contributed by atoms with van der Waals surface area (Å²) in [5, 5.41) is 9.79. The summed E-state index contributed by atoms with van der Waals surface area (Å²) < 4.78 is 26.5. The molecular formula is C27H25FN6O3. The lowest BCUT2D eigenvalue weighted by Gasteiger charge is -2.24. The van der Waals surface area contributed by atoms with E-state index >= 15 is 4.39 Å². The molecule has 1 atom stereocenters. The first-order valence-corrected chi connectivity index (χ1v) is 11.7. The van der Waals surface area contributed by atoms with Crippen LogP contribution in [0.2, 0.25) is 0 Å². The van der Waals surface area contributed by atoms with Crippen LogP contribution < -0.4 is 20.7 Å². The Labute approximate surface area is 212 Å². The van der Waals surface area contributed by atoms with Crippen molar-refractivity contribution in [3.63, 3.8) is 0 Å². The molecule has 5 rings (SSSR count). The summed E-state index contributed by atoms with van der Waals surface area (Å²) in [5.41, 5.74) is 2.99. The van der Waals surface area contributed by atoms with Crippen molar-refractivity contribution in [1.82, 2.24) is 20.3 Å². The number of hydrogen-bond donors (Lipinski definition) is 3. The van der Waals surface area contributed by atoms with Crippen molar-refractivity contribution in [3.05, 3.63) is 78.9 Å². The highest BCUT2D eigenvalue weighted by Crippen LogP contribution is 2.34. The standard InChI is InChI=1S/C27H25FN6O3/c1-3-24(35)32-18-8-9-30-21(13-18)25-19(28)6-4-17-14-31-27(34-26(17)25)33-20-7-5-16(12-22(20)36-2)23-15-29-10-11-37-23/h3-9,12-14,23,29H,1,10-11,15H2,2H3,(H,30,32,35)(H,31,33,34). The van der Waals surface area contributed by atoms with Crippen LogP contribution in [0.1, 0.15) is 11.7 Å². The summed E-state index contributed by atoms with van der Waals surface area (Å²) >= 11 is 0. The van der Waals surface area contributed by atoms with Gasteiger partial charge in [-0.15, -0.1) is 0 Å². The van der Waals surface area contributed by atoms with Crippen molar-refractivity contribution in [1.29, 1.82) is 0 Å². The Hall–Kier alpha value is -4.41. The van der Waals surface area contributed by atoms with Crippen molar-refractivity contribution in [2.24, 2.45) is 0 Å². The number of morpholine rings is 1. The average molecular weight is 501 g/mol. The molecule has 0 aliphatic carbocycles. The van der Waals surface area contributed by atoms with Crippen molar-refractivity contribution in [2.75, 3.05) is 37.4 Å². The van der Waals surface area contributed by atoms with Crippen LogP contribution in [0.5, 0.6) is 5.75 Å². The van der Waals surface area contributed by atoms with Crippen LogP contribution >= 0.6 is 0 Å². The number of fused-ring (bicyclic) bond motifs is 1. The van der Waals surface area contributed by atoms with Crippen molar-refractivity contribution in [2.45, 2.75) is 6.10 Å². The molecule has 4 aromatic rings. The van der Waals surface area contributed by atoms with Crippen LogP contribution in [-0.4, -0.2) is 47.7 Å². The molecule has 1 saturated heterocycles. The molecule has 0 saturated carbocycles. The molecule has 1 aliphatic rings. The molecule has 1 fully saturated rings. The number of nitrogens with one attached hydrogen (secondary N) is 3. The van der Waals surface area contributed by atoms with Crippen molar-refractivity contribution in [3.8, 4) is 17.0 Å². The SMILES string of the molecule is C=CC(=O)Nc1ccnc(-c2c(F)ccc3cnc(Nc4ccc(C5CNCCO5)cc4OC)nc23)c1. The molecule has 0 bridgehead atoms. The van der Waals surface area contributed by atoms with Crippen molar-refractivity contribution >= 4 is 34.1 Å². The van der Waals surface area contributed by atoms with E-state index in [1.165, 1.54) is 12.3 Å². The molecule has 1 aliphatic heterocycles. The monoisotopic (exact) mass is 500 g/mol. The Morgan fingerprint density at radius 1 is 1.24 bits per heavy atom. The van der Waals surface area contributed by atoms with Crippen LogP contribution in [-0.2, 0) is 9.53 Å². The Morgan fingerprint density at radius 2 is 2.14 bits per heavy atom. The average Bonchev–Trinajstić information content (AvgIpc) is 2.93. The van der Waals surface area contributed by atoms with Gasteiger partial charge in [0.25, 0.3) is 0 Å². The molecule has 1 unspecified atom stereocenters. The summed E-state index contributed by atoms with van der Waals surface area (Å²) in [6.07, 6.45) is 4.20. The molecule has 3 heterocycles. The molecule has 1 amide bonds. The van der Waals surface area contributed by atoms with E-state index in [4.69, 9.17) is 9.47 Å². The highest BCUT2D eigenvalue weighted by atomic mass is 19.1. The third-order valence-electron chi connectivity index (χ3n) is 5.94. The first kappa shape index (κ1) is 24.3. The van der Waals surface area contributed by atoms with Gasteiger partial charge in [-0.1, -0.05) is 12.6 Å². The number of benzene rings is 2. The number of amides is 1. The largest absolute Gasteiger partial charge is 0.495 e. The predicted octanol–water partition coefficient (Wildman–Crippen LogP) is 4.37. The number of halogens is 1. The van der Waals surface area contributed by atoms with E-state index in [2.05, 4.69) is 37.5 Å². The number of aromatic nitrogens is 3. The molecule has 3 N–H and O–H groups in total. The number of methoxy groups -OCH3 is 1. The van der Waals surface area contributed by atoms with E-state index in [0.717, 1.165) is 24.7 Å². The summed E-state index contributed by atoms with van der Waals surface area (Å²) in [5.74, 6) is -0.0187. The lowest BCUT2D eigenvalue weighted by molar-refractivity contribution is -0.111. The third kappa shape index (κ3) is 5.25. The maximum absolute atomic E-state index is 15.1. The highest BCUT2D eigenvalue weighted by Gasteiger charge is 2.19. The third-order valence-corrected chi connectivity index (χ3v) is 5.94. The van der Waals surface area contributed by atoms with Gasteiger partial charge in [-0.05, 0) is 48.0 Å². The molecule has 0 spiro atoms. The van der Waals surface area contributed by atoms with Gasteiger partial charge in [0, 0.05) is 36.6 Å². The van der Waals surface area contributed by atoms with Crippen LogP contribution in [0.25, 0.3) is 22.2 Å². The minimum Gasteiger partial charge on any atom is -0.495 e. The first-order valence-electron chi connectivity index (χ1n) is 11.7. The van der Waals surface area contributed by atoms with Gasteiger partial charge in [-0.25, -0.2) is 14.4 Å². The zero-order valence-corrected chi connectivity index (χ0v) is 20.1. The van der Waals surface area contributed by atoms with Gasteiger partial charge in [0.1, 0.15) is 11.6 Å². The second-order valence-corrected chi connectivity index (χ2v) is 8.33. The quantitative estimate of drug-likeness (QED) is 0.321. The van der Waals surface area contributed by atoms with Gasteiger partial charge < -0.3 is 25.4 Å². The number of ether oxygens (including phenoxy) is 2. The van der Waals surface area contributed by atoms with Crippen LogP contribution in [0.15, 0.2) is 67.5 Å². The Kier molecular flexibility index (Phi) is 7.02. The zero-order valence-electron chi connectivity index (χ0n) is 20.1. The molecule has 2 aromatic heterocycles. The second-order valence-electron chi connectivity index (χ2n) is 8.33.